The number of hydrogen-bond donors (Lipinski definition) is 0. The first kappa shape index (κ1) is 19.8. The van der Waals surface area contributed by atoms with Crippen LogP contribution in [0.1, 0.15) is 37.0 Å². The minimum atomic E-state index is -1.07. The number of imide groups is 1. The van der Waals surface area contributed by atoms with Crippen LogP contribution in [0.5, 0.6) is 5.75 Å². The molecule has 1 saturated heterocycles. The summed E-state index contributed by atoms with van der Waals surface area (Å²) in [6, 6.07) is 5.38. The maximum absolute atomic E-state index is 12.6. The van der Waals surface area contributed by atoms with E-state index in [2.05, 4.69) is 0 Å². The van der Waals surface area contributed by atoms with Gasteiger partial charge in [-0.15, -0.1) is 0 Å². The minimum Gasteiger partial charge on any atom is -0.497 e. The van der Waals surface area contributed by atoms with Gasteiger partial charge in [-0.3, -0.25) is 19.3 Å². The van der Waals surface area contributed by atoms with Crippen LogP contribution in [0.15, 0.2) is 36.4 Å². The molecule has 0 unspecified atom stereocenters. The average molecular weight is 385 g/mol. The van der Waals surface area contributed by atoms with Crippen molar-refractivity contribution >= 4 is 23.6 Å². The number of ether oxygens (including phenoxy) is 2. The molecule has 2 aliphatic rings. The number of carbonyl (C=O) groups excluding carboxylic acids is 4. The second-order valence-corrected chi connectivity index (χ2v) is 7.05. The van der Waals surface area contributed by atoms with Gasteiger partial charge in [-0.05, 0) is 51.0 Å². The first-order valence-corrected chi connectivity index (χ1v) is 9.25. The zero-order chi connectivity index (χ0) is 20.4. The van der Waals surface area contributed by atoms with Gasteiger partial charge in [0.15, 0.2) is 6.10 Å². The van der Waals surface area contributed by atoms with E-state index in [1.165, 1.54) is 21.0 Å². The Kier molecular flexibility index (Phi) is 5.63. The summed E-state index contributed by atoms with van der Waals surface area (Å²) in [6.07, 6.45) is 3.72. The molecule has 0 spiro atoms. The van der Waals surface area contributed by atoms with Crippen molar-refractivity contribution in [2.75, 3.05) is 7.11 Å². The topological polar surface area (TPSA) is 90.0 Å². The molecular weight excluding hydrogens is 362 g/mol. The summed E-state index contributed by atoms with van der Waals surface area (Å²) in [5.74, 6) is -2.06. The van der Waals surface area contributed by atoms with Gasteiger partial charge in [0.2, 0.25) is 17.6 Å². The lowest BCUT2D eigenvalue weighted by Crippen LogP contribution is -2.45. The van der Waals surface area contributed by atoms with Crippen LogP contribution >= 0.6 is 0 Å². The van der Waals surface area contributed by atoms with Crippen LogP contribution in [0.3, 0.4) is 0 Å². The summed E-state index contributed by atoms with van der Waals surface area (Å²) < 4.78 is 10.3. The highest BCUT2D eigenvalue weighted by molar-refractivity contribution is 6.08. The molecule has 4 atom stereocenters. The number of likely N-dealkylation sites (tertiary alicyclic amines) is 1. The van der Waals surface area contributed by atoms with E-state index in [1.54, 1.807) is 24.3 Å². The standard InChI is InChI=1S/C21H23NO6/c1-12(22-19(24)16-6-4-5-7-17(16)20(22)25)21(26)28-13(2)18(23)14-8-10-15(27-3)11-9-14/h4-5,8-13,16-17H,6-7H2,1-3H3/t12-,13+,16-,17-/m0/s1. The van der Waals surface area contributed by atoms with Gasteiger partial charge in [0.1, 0.15) is 11.8 Å². The van der Waals surface area contributed by atoms with Crippen molar-refractivity contribution in [2.24, 2.45) is 11.8 Å². The van der Waals surface area contributed by atoms with Crippen LogP contribution in [0, 0.1) is 11.8 Å². The van der Waals surface area contributed by atoms with Crippen LogP contribution in [0.2, 0.25) is 0 Å². The number of Topliss-reactive ketones (excluding diaryl/α,β-unsaturated/α-hetero) is 1. The predicted molar refractivity (Wildman–Crippen MR) is 99.5 cm³/mol. The van der Waals surface area contributed by atoms with E-state index in [9.17, 15) is 19.2 Å². The third kappa shape index (κ3) is 3.56. The van der Waals surface area contributed by atoms with Crippen LogP contribution in [0.4, 0.5) is 0 Å². The summed E-state index contributed by atoms with van der Waals surface area (Å²) in [4.78, 5) is 51.2. The number of amides is 2. The van der Waals surface area contributed by atoms with E-state index >= 15 is 0 Å². The second-order valence-electron chi connectivity index (χ2n) is 7.05. The lowest BCUT2D eigenvalue weighted by Gasteiger charge is -2.23. The molecule has 28 heavy (non-hydrogen) atoms. The molecule has 0 aromatic heterocycles. The van der Waals surface area contributed by atoms with Crippen LogP contribution in [-0.4, -0.2) is 47.7 Å². The SMILES string of the molecule is COc1ccc(C(=O)[C@@H](C)OC(=O)[C@H](C)N2C(=O)[C@H]3CC=CC[C@@H]3C2=O)cc1. The number of fused-ring (bicyclic) bond motifs is 1. The van der Waals surface area contributed by atoms with Gasteiger partial charge < -0.3 is 9.47 Å². The van der Waals surface area contributed by atoms with Gasteiger partial charge in [0.05, 0.1) is 18.9 Å². The number of carbonyl (C=O) groups is 4. The molecule has 2 amide bonds. The molecule has 0 saturated carbocycles. The smallest absolute Gasteiger partial charge is 0.329 e. The number of esters is 1. The molecule has 1 aromatic carbocycles. The Balaban J connectivity index is 1.65. The summed E-state index contributed by atoms with van der Waals surface area (Å²) in [5.41, 5.74) is 0.374. The van der Waals surface area contributed by atoms with Crippen LogP contribution < -0.4 is 4.74 Å². The van der Waals surface area contributed by atoms with E-state index in [4.69, 9.17) is 9.47 Å². The normalized spacial score (nSPS) is 23.2. The van der Waals surface area contributed by atoms with E-state index in [-0.39, 0.29) is 17.6 Å². The highest BCUT2D eigenvalue weighted by Crippen LogP contribution is 2.36. The maximum Gasteiger partial charge on any atom is 0.329 e. The monoisotopic (exact) mass is 385 g/mol. The van der Waals surface area contributed by atoms with Gasteiger partial charge in [0, 0.05) is 5.56 Å². The van der Waals surface area contributed by atoms with Crippen molar-refractivity contribution < 1.29 is 28.7 Å². The highest BCUT2D eigenvalue weighted by atomic mass is 16.5. The molecule has 0 radical (unpaired) electrons. The molecule has 1 fully saturated rings. The number of nitrogens with zero attached hydrogens (tertiary/aromatic N) is 1. The number of benzene rings is 1. The van der Waals surface area contributed by atoms with Crippen LogP contribution in [0.25, 0.3) is 0 Å². The molecule has 1 aliphatic carbocycles. The first-order valence-electron chi connectivity index (χ1n) is 9.25. The van der Waals surface area contributed by atoms with Gasteiger partial charge in [0.25, 0.3) is 0 Å². The summed E-state index contributed by atoms with van der Waals surface area (Å²) in [6.45, 7) is 2.92. The Hall–Kier alpha value is -2.96. The molecule has 1 aromatic rings. The number of allylic oxidation sites excluding steroid dienone is 2. The maximum atomic E-state index is 12.6. The Morgan fingerprint density at radius 2 is 1.54 bits per heavy atom. The Morgan fingerprint density at radius 3 is 2.04 bits per heavy atom. The van der Waals surface area contributed by atoms with Gasteiger partial charge in [-0.25, -0.2) is 4.79 Å². The van der Waals surface area contributed by atoms with E-state index in [1.807, 2.05) is 12.2 Å². The second kappa shape index (κ2) is 7.96. The van der Waals surface area contributed by atoms with Gasteiger partial charge in [-0.1, -0.05) is 12.2 Å². The minimum absolute atomic E-state index is 0.349. The lowest BCUT2D eigenvalue weighted by molar-refractivity contribution is -0.159. The van der Waals surface area contributed by atoms with E-state index in [0.717, 1.165) is 4.90 Å². The molecule has 1 aliphatic heterocycles. The number of methoxy groups -OCH3 is 1. The van der Waals surface area contributed by atoms with Crippen molar-refractivity contribution in [3.05, 3.63) is 42.0 Å². The molecule has 0 bridgehead atoms. The number of hydrogen-bond acceptors (Lipinski definition) is 6. The van der Waals surface area contributed by atoms with Crippen molar-refractivity contribution in [3.8, 4) is 5.75 Å². The number of ketones is 1. The van der Waals surface area contributed by atoms with Crippen molar-refractivity contribution in [2.45, 2.75) is 38.8 Å². The Labute approximate surface area is 163 Å². The van der Waals surface area contributed by atoms with Crippen molar-refractivity contribution in [3.63, 3.8) is 0 Å². The molecule has 3 rings (SSSR count). The first-order chi connectivity index (χ1) is 13.3. The zero-order valence-electron chi connectivity index (χ0n) is 16.1. The van der Waals surface area contributed by atoms with E-state index < -0.39 is 30.0 Å². The largest absolute Gasteiger partial charge is 0.497 e. The fourth-order valence-corrected chi connectivity index (χ4v) is 3.63. The third-order valence-electron chi connectivity index (χ3n) is 5.31. The predicted octanol–water partition coefficient (Wildman–Crippen LogP) is 2.15. The Bertz CT molecular complexity index is 802. The van der Waals surface area contributed by atoms with Crippen LogP contribution in [-0.2, 0) is 19.1 Å². The molecule has 7 nitrogen and oxygen atoms in total. The summed E-state index contributed by atoms with van der Waals surface area (Å²) in [7, 11) is 1.52. The molecule has 7 heteroatoms. The Morgan fingerprint density at radius 1 is 1.00 bits per heavy atom. The lowest BCUT2D eigenvalue weighted by atomic mass is 9.85. The third-order valence-corrected chi connectivity index (χ3v) is 5.31. The van der Waals surface area contributed by atoms with Crippen molar-refractivity contribution in [1.82, 2.24) is 4.90 Å². The fraction of sp³-hybridized carbons (Fsp3) is 0.429. The van der Waals surface area contributed by atoms with Gasteiger partial charge in [-0.2, -0.15) is 0 Å². The zero-order valence-corrected chi connectivity index (χ0v) is 16.1. The summed E-state index contributed by atoms with van der Waals surface area (Å²) >= 11 is 0. The molecule has 0 N–H and O–H groups in total. The van der Waals surface area contributed by atoms with E-state index in [0.29, 0.717) is 24.2 Å². The average Bonchev–Trinajstić information content (AvgIpc) is 2.97. The quantitative estimate of drug-likeness (QED) is 0.323. The molecule has 148 valence electrons. The fourth-order valence-electron chi connectivity index (χ4n) is 3.63. The highest BCUT2D eigenvalue weighted by Gasteiger charge is 2.50. The molecule has 1 heterocycles. The summed E-state index contributed by atoms with van der Waals surface area (Å²) in [5, 5.41) is 0. The number of rotatable bonds is 6. The van der Waals surface area contributed by atoms with Crippen molar-refractivity contribution in [1.29, 1.82) is 0 Å². The molecular formula is C21H23NO6. The van der Waals surface area contributed by atoms with Gasteiger partial charge >= 0.3 is 5.97 Å².